The summed E-state index contributed by atoms with van der Waals surface area (Å²) in [5.41, 5.74) is 1.06. The Labute approximate surface area is 184 Å². The van der Waals surface area contributed by atoms with E-state index in [9.17, 15) is 14.4 Å². The van der Waals surface area contributed by atoms with Gasteiger partial charge in [-0.05, 0) is 43.5 Å². The maximum atomic E-state index is 13.0. The van der Waals surface area contributed by atoms with Crippen molar-refractivity contribution in [3.63, 3.8) is 0 Å². The summed E-state index contributed by atoms with van der Waals surface area (Å²) in [7, 11) is 1.56. The zero-order valence-electron chi connectivity index (χ0n) is 17.2. The summed E-state index contributed by atoms with van der Waals surface area (Å²) in [5, 5.41) is 8.66. The second kappa shape index (κ2) is 8.89. The van der Waals surface area contributed by atoms with Crippen LogP contribution in [-0.4, -0.2) is 39.6 Å². The Kier molecular flexibility index (Phi) is 6.04. The van der Waals surface area contributed by atoms with Crippen LogP contribution in [0, 0.1) is 0 Å². The van der Waals surface area contributed by atoms with Crippen LogP contribution in [0.1, 0.15) is 35.3 Å². The lowest BCUT2D eigenvalue weighted by Gasteiger charge is -2.27. The van der Waals surface area contributed by atoms with Crippen molar-refractivity contribution in [2.45, 2.75) is 25.7 Å². The summed E-state index contributed by atoms with van der Waals surface area (Å²) in [5.74, 6) is -0.455. The lowest BCUT2D eigenvalue weighted by atomic mass is 10.1. The van der Waals surface area contributed by atoms with Crippen LogP contribution in [0.2, 0.25) is 5.02 Å². The first kappa shape index (κ1) is 21.1. The van der Waals surface area contributed by atoms with E-state index in [0.717, 1.165) is 19.3 Å². The number of nitrogens with one attached hydrogen (secondary N) is 1. The molecule has 0 atom stereocenters. The van der Waals surface area contributed by atoms with Gasteiger partial charge >= 0.3 is 0 Å². The molecule has 3 aromatic rings. The van der Waals surface area contributed by atoms with Crippen LogP contribution in [0.4, 0.5) is 5.69 Å². The molecular formula is C23H23ClN4O3. The van der Waals surface area contributed by atoms with Crippen molar-refractivity contribution < 1.29 is 9.59 Å². The molecule has 31 heavy (non-hydrogen) atoms. The van der Waals surface area contributed by atoms with Gasteiger partial charge in [-0.1, -0.05) is 29.8 Å². The quantitative estimate of drug-likeness (QED) is 0.676. The van der Waals surface area contributed by atoms with Crippen molar-refractivity contribution >= 4 is 39.9 Å². The van der Waals surface area contributed by atoms with E-state index >= 15 is 0 Å². The summed E-state index contributed by atoms with van der Waals surface area (Å²) in [6.07, 6.45) is 3.03. The molecule has 0 bridgehead atoms. The van der Waals surface area contributed by atoms with Gasteiger partial charge in [0.15, 0.2) is 0 Å². The summed E-state index contributed by atoms with van der Waals surface area (Å²) in [4.78, 5) is 40.0. The molecule has 2 aromatic carbocycles. The Morgan fingerprint density at radius 3 is 2.52 bits per heavy atom. The number of aromatic nitrogens is 2. The van der Waals surface area contributed by atoms with Gasteiger partial charge in [0.2, 0.25) is 5.91 Å². The fourth-order valence-electron chi connectivity index (χ4n) is 3.93. The summed E-state index contributed by atoms with van der Waals surface area (Å²) < 4.78 is 1.23. The van der Waals surface area contributed by atoms with Crippen molar-refractivity contribution in [2.75, 3.05) is 18.4 Å². The maximum Gasteiger partial charge on any atom is 0.274 e. The van der Waals surface area contributed by atoms with Crippen LogP contribution in [0.5, 0.6) is 0 Å². The molecule has 8 heteroatoms. The highest BCUT2D eigenvalue weighted by molar-refractivity contribution is 6.31. The number of aryl methyl sites for hydroxylation is 1. The van der Waals surface area contributed by atoms with E-state index in [-0.39, 0.29) is 23.8 Å². The van der Waals surface area contributed by atoms with Crippen LogP contribution in [0.15, 0.2) is 47.3 Å². The van der Waals surface area contributed by atoms with Gasteiger partial charge in [-0.25, -0.2) is 4.68 Å². The van der Waals surface area contributed by atoms with Crippen molar-refractivity contribution in [1.29, 1.82) is 0 Å². The van der Waals surface area contributed by atoms with Gasteiger partial charge in [0.1, 0.15) is 0 Å². The van der Waals surface area contributed by atoms with Gasteiger partial charge < -0.3 is 10.2 Å². The third-order valence-electron chi connectivity index (χ3n) is 5.49. The first-order valence-corrected chi connectivity index (χ1v) is 10.7. The number of benzene rings is 2. The average molecular weight is 439 g/mol. The minimum Gasteiger partial charge on any atom is -0.339 e. The molecule has 1 aliphatic rings. The number of piperidine rings is 1. The molecule has 0 spiro atoms. The summed E-state index contributed by atoms with van der Waals surface area (Å²) in [6.45, 7) is 1.42. The highest BCUT2D eigenvalue weighted by Crippen LogP contribution is 2.24. The molecular weight excluding hydrogens is 416 g/mol. The minimum atomic E-state index is -0.341. The lowest BCUT2D eigenvalue weighted by molar-refractivity contribution is -0.115. The molecule has 1 N–H and O–H groups in total. The topological polar surface area (TPSA) is 84.3 Å². The fourth-order valence-corrected chi connectivity index (χ4v) is 4.10. The number of fused-ring (bicyclic) bond motifs is 1. The Morgan fingerprint density at radius 1 is 1.06 bits per heavy atom. The average Bonchev–Trinajstić information content (AvgIpc) is 2.77. The first-order chi connectivity index (χ1) is 14.9. The van der Waals surface area contributed by atoms with E-state index in [1.165, 1.54) is 4.68 Å². The molecule has 4 rings (SSSR count). The Hall–Kier alpha value is -3.19. The molecule has 1 aromatic heterocycles. The fraction of sp³-hybridized carbons (Fsp3) is 0.304. The molecule has 1 saturated heterocycles. The molecule has 2 heterocycles. The van der Waals surface area contributed by atoms with Crippen LogP contribution < -0.4 is 10.9 Å². The van der Waals surface area contributed by atoms with Crippen LogP contribution in [0.25, 0.3) is 10.8 Å². The molecule has 0 radical (unpaired) electrons. The Balaban J connectivity index is 1.60. The van der Waals surface area contributed by atoms with E-state index in [1.807, 2.05) is 4.90 Å². The number of anilines is 1. The molecule has 160 valence electrons. The molecule has 7 nitrogen and oxygen atoms in total. The number of halogens is 1. The van der Waals surface area contributed by atoms with Crippen molar-refractivity contribution in [2.24, 2.45) is 7.05 Å². The number of nitrogens with zero attached hydrogens (tertiary/aromatic N) is 3. The summed E-state index contributed by atoms with van der Waals surface area (Å²) >= 11 is 6.14. The lowest BCUT2D eigenvalue weighted by Crippen LogP contribution is -2.36. The number of hydrogen-bond acceptors (Lipinski definition) is 4. The van der Waals surface area contributed by atoms with E-state index in [0.29, 0.717) is 45.8 Å². The highest BCUT2D eigenvalue weighted by atomic mass is 35.5. The molecule has 1 aliphatic heterocycles. The normalized spacial score (nSPS) is 13.9. The van der Waals surface area contributed by atoms with Gasteiger partial charge in [-0.2, -0.15) is 5.10 Å². The van der Waals surface area contributed by atoms with E-state index in [2.05, 4.69) is 10.4 Å². The van der Waals surface area contributed by atoms with Gasteiger partial charge in [-0.3, -0.25) is 14.4 Å². The predicted molar refractivity (Wildman–Crippen MR) is 121 cm³/mol. The van der Waals surface area contributed by atoms with Crippen molar-refractivity contribution in [3.05, 3.63) is 69.1 Å². The number of rotatable bonds is 4. The number of likely N-dealkylation sites (tertiary alicyclic amines) is 1. The Bertz CT molecular complexity index is 1220. The number of carbonyl (C=O) groups excluding carboxylic acids is 2. The monoisotopic (exact) mass is 438 g/mol. The third-order valence-corrected chi connectivity index (χ3v) is 5.73. The molecule has 0 unspecified atom stereocenters. The van der Waals surface area contributed by atoms with E-state index in [4.69, 9.17) is 11.6 Å². The second-order valence-electron chi connectivity index (χ2n) is 7.69. The van der Waals surface area contributed by atoms with Gasteiger partial charge in [0.05, 0.1) is 28.8 Å². The summed E-state index contributed by atoms with van der Waals surface area (Å²) in [6, 6.07) is 12.0. The zero-order valence-corrected chi connectivity index (χ0v) is 18.0. The smallest absolute Gasteiger partial charge is 0.274 e. The molecule has 0 saturated carbocycles. The van der Waals surface area contributed by atoms with Crippen molar-refractivity contribution in [1.82, 2.24) is 14.7 Å². The van der Waals surface area contributed by atoms with Crippen LogP contribution in [-0.2, 0) is 18.3 Å². The van der Waals surface area contributed by atoms with Crippen LogP contribution >= 0.6 is 11.6 Å². The molecule has 0 aliphatic carbocycles. The van der Waals surface area contributed by atoms with Crippen LogP contribution in [0.3, 0.4) is 0 Å². The van der Waals surface area contributed by atoms with Crippen molar-refractivity contribution in [3.8, 4) is 0 Å². The zero-order chi connectivity index (χ0) is 22.0. The minimum absolute atomic E-state index is 0.0432. The number of hydrogen-bond donors (Lipinski definition) is 1. The Morgan fingerprint density at radius 2 is 1.77 bits per heavy atom. The van der Waals surface area contributed by atoms with E-state index in [1.54, 1.807) is 49.5 Å². The highest BCUT2D eigenvalue weighted by Gasteiger charge is 2.22. The first-order valence-electron chi connectivity index (χ1n) is 10.3. The molecule has 2 amide bonds. The molecule has 1 fully saturated rings. The largest absolute Gasteiger partial charge is 0.339 e. The van der Waals surface area contributed by atoms with E-state index < -0.39 is 0 Å². The third kappa shape index (κ3) is 4.46. The standard InChI is InChI=1S/C23H23ClN4O3/c1-27-22(30)17-8-4-3-7-16(17)20(26-27)14-21(29)25-19-13-15(24)9-10-18(19)23(31)28-11-5-2-6-12-28/h3-4,7-10,13H,2,5-6,11-12,14H2,1H3,(H,25,29). The second-order valence-corrected chi connectivity index (χ2v) is 8.13. The van der Waals surface area contributed by atoms with Gasteiger partial charge in [0, 0.05) is 30.5 Å². The van der Waals surface area contributed by atoms with Gasteiger partial charge in [-0.15, -0.1) is 0 Å². The predicted octanol–water partition coefficient (Wildman–Crippen LogP) is 3.39. The number of carbonyl (C=O) groups is 2. The number of amides is 2. The van der Waals surface area contributed by atoms with Gasteiger partial charge in [0.25, 0.3) is 11.5 Å². The maximum absolute atomic E-state index is 13.0. The SMILES string of the molecule is Cn1nc(CC(=O)Nc2cc(Cl)ccc2C(=O)N2CCCCC2)c2ccccc2c1=O.